The zero-order valence-electron chi connectivity index (χ0n) is 17.3. The number of fused-ring (bicyclic) bond motifs is 2. The largest absolute Gasteiger partial charge is 0.445 e. The lowest BCUT2D eigenvalue weighted by molar-refractivity contribution is -0.203. The van der Waals surface area contributed by atoms with Gasteiger partial charge < -0.3 is 14.7 Å². The third-order valence-corrected chi connectivity index (χ3v) is 9.21. The number of carbonyl (C=O) groups excluding carboxylic acids is 1. The van der Waals surface area contributed by atoms with Crippen LogP contribution in [0, 0.1) is 23.2 Å². The van der Waals surface area contributed by atoms with Gasteiger partial charge in [0.2, 0.25) is 0 Å². The second-order valence-electron chi connectivity index (χ2n) is 11.0. The molecule has 0 radical (unpaired) electrons. The van der Waals surface area contributed by atoms with E-state index >= 15 is 0 Å². The van der Waals surface area contributed by atoms with E-state index in [-0.39, 0.29) is 23.6 Å². The molecule has 1 N–H and O–H groups in total. The van der Waals surface area contributed by atoms with Gasteiger partial charge in [0.1, 0.15) is 6.61 Å². The molecular weight excluding hydrogens is 362 g/mol. The third kappa shape index (κ3) is 2.85. The van der Waals surface area contributed by atoms with E-state index in [0.29, 0.717) is 6.61 Å². The van der Waals surface area contributed by atoms with Crippen LogP contribution in [0.5, 0.6) is 0 Å². The van der Waals surface area contributed by atoms with Crippen molar-refractivity contribution in [2.45, 2.75) is 88.5 Å². The smallest absolute Gasteiger partial charge is 0.410 e. The van der Waals surface area contributed by atoms with Gasteiger partial charge in [-0.1, -0.05) is 30.3 Å². The first-order valence-corrected chi connectivity index (χ1v) is 11.7. The van der Waals surface area contributed by atoms with E-state index < -0.39 is 5.60 Å². The molecule has 4 aliphatic carbocycles. The summed E-state index contributed by atoms with van der Waals surface area (Å²) in [5.41, 5.74) is 0.573. The predicted octanol–water partition coefficient (Wildman–Crippen LogP) is 4.90. The molecule has 2 saturated heterocycles. The van der Waals surface area contributed by atoms with E-state index in [1.54, 1.807) is 0 Å². The summed E-state index contributed by atoms with van der Waals surface area (Å²) in [5, 5.41) is 12.0. The quantitative estimate of drug-likeness (QED) is 0.792. The molecule has 29 heavy (non-hydrogen) atoms. The van der Waals surface area contributed by atoms with Crippen molar-refractivity contribution in [1.82, 2.24) is 4.90 Å². The summed E-state index contributed by atoms with van der Waals surface area (Å²) < 4.78 is 5.67. The molecule has 4 nitrogen and oxygen atoms in total. The highest BCUT2D eigenvalue weighted by Crippen LogP contribution is 2.66. The van der Waals surface area contributed by atoms with Crippen molar-refractivity contribution in [3.05, 3.63) is 35.9 Å². The number of amides is 1. The van der Waals surface area contributed by atoms with Gasteiger partial charge in [0.05, 0.1) is 5.60 Å². The first-order chi connectivity index (χ1) is 14.0. The van der Waals surface area contributed by atoms with Crippen LogP contribution >= 0.6 is 0 Å². The van der Waals surface area contributed by atoms with Gasteiger partial charge in [-0.05, 0) is 87.5 Å². The number of aliphatic hydroxyl groups is 1. The van der Waals surface area contributed by atoms with Gasteiger partial charge in [-0.3, -0.25) is 0 Å². The molecule has 7 rings (SSSR count). The average molecular weight is 396 g/mol. The van der Waals surface area contributed by atoms with Gasteiger partial charge in [0.25, 0.3) is 0 Å². The highest BCUT2D eigenvalue weighted by molar-refractivity contribution is 5.69. The molecule has 2 aliphatic heterocycles. The van der Waals surface area contributed by atoms with Crippen LogP contribution in [0.2, 0.25) is 0 Å². The van der Waals surface area contributed by atoms with Crippen LogP contribution in [0.1, 0.15) is 69.8 Å². The minimum Gasteiger partial charge on any atom is -0.445 e. The number of carbonyl (C=O) groups is 1. The highest BCUT2D eigenvalue weighted by atomic mass is 16.6. The molecule has 6 fully saturated rings. The monoisotopic (exact) mass is 395 g/mol. The lowest BCUT2D eigenvalue weighted by atomic mass is 9.44. The molecular formula is C25H33NO3. The maximum atomic E-state index is 12.9. The van der Waals surface area contributed by atoms with E-state index in [9.17, 15) is 9.90 Å². The molecule has 2 atom stereocenters. The lowest BCUT2D eigenvalue weighted by Gasteiger charge is -2.64. The Bertz CT molecular complexity index is 741. The minimum atomic E-state index is -0.578. The molecule has 2 heterocycles. The summed E-state index contributed by atoms with van der Waals surface area (Å²) in [6.45, 7) is 0.328. The molecule has 156 valence electrons. The predicted molar refractivity (Wildman–Crippen MR) is 110 cm³/mol. The van der Waals surface area contributed by atoms with Crippen molar-refractivity contribution in [1.29, 1.82) is 0 Å². The first-order valence-electron chi connectivity index (χ1n) is 11.7. The summed E-state index contributed by atoms with van der Waals surface area (Å²) >= 11 is 0. The Morgan fingerprint density at radius 1 is 0.931 bits per heavy atom. The van der Waals surface area contributed by atoms with Crippen LogP contribution in [0.15, 0.2) is 30.3 Å². The Labute approximate surface area is 173 Å². The highest BCUT2D eigenvalue weighted by Gasteiger charge is 2.63. The van der Waals surface area contributed by atoms with Crippen LogP contribution < -0.4 is 0 Å². The molecule has 2 unspecified atom stereocenters. The van der Waals surface area contributed by atoms with Crippen LogP contribution in [-0.4, -0.2) is 33.8 Å². The Morgan fingerprint density at radius 3 is 2.03 bits per heavy atom. The molecule has 1 aromatic carbocycles. The van der Waals surface area contributed by atoms with E-state index in [4.69, 9.17) is 4.74 Å². The molecule has 1 aromatic rings. The second-order valence-corrected chi connectivity index (χ2v) is 11.0. The maximum absolute atomic E-state index is 12.9. The van der Waals surface area contributed by atoms with Gasteiger partial charge in [0, 0.05) is 17.5 Å². The van der Waals surface area contributed by atoms with E-state index in [2.05, 4.69) is 0 Å². The van der Waals surface area contributed by atoms with Crippen LogP contribution in [-0.2, 0) is 11.3 Å². The molecule has 6 aliphatic rings. The number of piperidine rings is 1. The van der Waals surface area contributed by atoms with Crippen molar-refractivity contribution in [2.75, 3.05) is 0 Å². The summed E-state index contributed by atoms with van der Waals surface area (Å²) in [4.78, 5) is 14.9. The maximum Gasteiger partial charge on any atom is 0.410 e. The number of hydrogen-bond donors (Lipinski definition) is 1. The van der Waals surface area contributed by atoms with Crippen molar-refractivity contribution in [3.63, 3.8) is 0 Å². The lowest BCUT2D eigenvalue weighted by Crippen LogP contribution is -2.64. The second kappa shape index (κ2) is 6.47. The Morgan fingerprint density at radius 2 is 1.48 bits per heavy atom. The summed E-state index contributed by atoms with van der Waals surface area (Å²) in [7, 11) is 0. The number of nitrogens with zero attached hydrogens (tertiary/aromatic N) is 1. The summed E-state index contributed by atoms with van der Waals surface area (Å²) in [6, 6.07) is 10.2. The molecule has 6 bridgehead atoms. The van der Waals surface area contributed by atoms with Gasteiger partial charge >= 0.3 is 6.09 Å². The topological polar surface area (TPSA) is 49.8 Å². The summed E-state index contributed by atoms with van der Waals surface area (Å²) in [6.07, 6.45) is 11.3. The SMILES string of the molecule is O=C(OCc1ccccc1)N1C2CCC1CC(O)(C13CC4CC(CC(C4)C1)C3)C2. The number of hydrogen-bond acceptors (Lipinski definition) is 3. The summed E-state index contributed by atoms with van der Waals surface area (Å²) in [5.74, 6) is 2.53. The van der Waals surface area contributed by atoms with Crippen molar-refractivity contribution < 1.29 is 14.6 Å². The normalized spacial score (nSPS) is 44.9. The van der Waals surface area contributed by atoms with Crippen LogP contribution in [0.4, 0.5) is 4.79 Å². The van der Waals surface area contributed by atoms with E-state index in [1.807, 2.05) is 35.2 Å². The fourth-order valence-electron chi connectivity index (χ4n) is 8.43. The standard InChI is InChI=1S/C25H33NO3/c27-23(29-16-17-4-2-1-3-5-17)26-21-6-7-22(26)15-25(28,14-21)24-11-18-8-19(12-24)10-20(9-18)13-24/h1-5,18-22,28H,6-16H2. The molecule has 4 saturated carbocycles. The number of ether oxygens (including phenoxy) is 1. The van der Waals surface area contributed by atoms with Gasteiger partial charge in [-0.2, -0.15) is 0 Å². The Kier molecular flexibility index (Phi) is 4.07. The Hall–Kier alpha value is -1.55. The molecule has 0 spiro atoms. The zero-order valence-corrected chi connectivity index (χ0v) is 17.3. The molecule has 4 heteroatoms. The molecule has 1 amide bonds. The number of rotatable bonds is 3. The fourth-order valence-corrected chi connectivity index (χ4v) is 8.43. The molecule has 0 aromatic heterocycles. The van der Waals surface area contributed by atoms with Crippen molar-refractivity contribution >= 4 is 6.09 Å². The average Bonchev–Trinajstić information content (AvgIpc) is 2.98. The zero-order chi connectivity index (χ0) is 19.6. The first kappa shape index (κ1) is 18.2. The van der Waals surface area contributed by atoms with Crippen molar-refractivity contribution in [3.8, 4) is 0 Å². The number of benzene rings is 1. The van der Waals surface area contributed by atoms with Gasteiger partial charge in [0.15, 0.2) is 0 Å². The van der Waals surface area contributed by atoms with E-state index in [1.165, 1.54) is 38.5 Å². The van der Waals surface area contributed by atoms with Crippen LogP contribution in [0.3, 0.4) is 0 Å². The Balaban J connectivity index is 1.18. The third-order valence-electron chi connectivity index (χ3n) is 9.21. The minimum absolute atomic E-state index is 0.128. The van der Waals surface area contributed by atoms with Crippen LogP contribution in [0.25, 0.3) is 0 Å². The van der Waals surface area contributed by atoms with Gasteiger partial charge in [-0.25, -0.2) is 4.79 Å². The van der Waals surface area contributed by atoms with E-state index in [0.717, 1.165) is 49.0 Å². The van der Waals surface area contributed by atoms with Gasteiger partial charge in [-0.15, -0.1) is 0 Å². The van der Waals surface area contributed by atoms with Crippen molar-refractivity contribution in [2.24, 2.45) is 23.2 Å². The fraction of sp³-hybridized carbons (Fsp3) is 0.720.